The minimum atomic E-state index is -0.390. The summed E-state index contributed by atoms with van der Waals surface area (Å²) in [5.41, 5.74) is 3.82. The number of non-ortho nitro benzene ring substituents is 1. The minimum Gasteiger partial charge on any atom is -0.483 e. The van der Waals surface area contributed by atoms with E-state index in [0.717, 1.165) is 33.3 Å². The number of nitrogens with zero attached hydrogens (tertiary/aromatic N) is 2. The Kier molecular flexibility index (Phi) is 5.91. The second-order valence-corrected chi connectivity index (χ2v) is 7.33. The summed E-state index contributed by atoms with van der Waals surface area (Å²) in [5.74, 6) is 0.760. The summed E-state index contributed by atoms with van der Waals surface area (Å²) in [5, 5.41) is 15.3. The molecule has 0 saturated carbocycles. The van der Waals surface area contributed by atoms with E-state index in [9.17, 15) is 10.1 Å². The molecule has 0 spiro atoms. The Morgan fingerprint density at radius 2 is 1.68 bits per heavy atom. The number of hydrogen-bond donors (Lipinski definition) is 1. The van der Waals surface area contributed by atoms with Gasteiger partial charge in [0, 0.05) is 35.3 Å². The van der Waals surface area contributed by atoms with Crippen LogP contribution in [0.3, 0.4) is 0 Å². The Morgan fingerprint density at radius 1 is 0.968 bits per heavy atom. The fourth-order valence-corrected chi connectivity index (χ4v) is 3.67. The van der Waals surface area contributed by atoms with Gasteiger partial charge in [0.05, 0.1) is 10.4 Å². The fraction of sp³-hybridized carbons (Fsp3) is 0.160. The molecule has 4 rings (SSSR count). The molecule has 4 aromatic rings. The smallest absolute Gasteiger partial charge is 0.269 e. The van der Waals surface area contributed by atoms with Gasteiger partial charge in [0.15, 0.2) is 0 Å². The van der Waals surface area contributed by atoms with Gasteiger partial charge in [-0.05, 0) is 55.4 Å². The number of nitro groups is 1. The van der Waals surface area contributed by atoms with Crippen LogP contribution in [0.5, 0.6) is 5.75 Å². The van der Waals surface area contributed by atoms with E-state index in [4.69, 9.17) is 4.74 Å². The van der Waals surface area contributed by atoms with Crippen LogP contribution in [0.1, 0.15) is 18.6 Å². The zero-order valence-electron chi connectivity index (χ0n) is 17.4. The van der Waals surface area contributed by atoms with E-state index in [1.54, 1.807) is 18.3 Å². The SMILES string of the molecule is CNC(C)C(Oc1ccnc2ccccc12)c1ccccc1-c1ccc([N+](=O)[O-])cc1. The third kappa shape index (κ3) is 4.25. The number of likely N-dealkylation sites (N-methyl/N-ethyl adjacent to an activating group) is 1. The Labute approximate surface area is 180 Å². The van der Waals surface area contributed by atoms with E-state index >= 15 is 0 Å². The van der Waals surface area contributed by atoms with Crippen LogP contribution in [0.15, 0.2) is 85.1 Å². The molecular formula is C25H23N3O3. The Bertz CT molecular complexity index is 1200. The highest BCUT2D eigenvalue weighted by atomic mass is 16.6. The quantitative estimate of drug-likeness (QED) is 0.318. The highest BCUT2D eigenvalue weighted by molar-refractivity contribution is 5.84. The van der Waals surface area contributed by atoms with Crippen molar-refractivity contribution < 1.29 is 9.66 Å². The standard InChI is InChI=1S/C25H23N3O3/c1-17(26-2)25(31-24-15-16-27-23-10-6-5-9-22(23)24)21-8-4-3-7-20(21)18-11-13-19(14-12-18)28(29)30/h3-17,25-26H,1-2H3. The predicted molar refractivity (Wildman–Crippen MR) is 122 cm³/mol. The van der Waals surface area contributed by atoms with Gasteiger partial charge in [0.25, 0.3) is 5.69 Å². The highest BCUT2D eigenvalue weighted by Gasteiger charge is 2.24. The van der Waals surface area contributed by atoms with Crippen LogP contribution in [0.4, 0.5) is 5.69 Å². The molecule has 156 valence electrons. The van der Waals surface area contributed by atoms with Gasteiger partial charge in [-0.15, -0.1) is 0 Å². The van der Waals surface area contributed by atoms with Crippen molar-refractivity contribution in [2.24, 2.45) is 0 Å². The summed E-state index contributed by atoms with van der Waals surface area (Å²) >= 11 is 0. The molecule has 0 saturated heterocycles. The summed E-state index contributed by atoms with van der Waals surface area (Å²) < 4.78 is 6.58. The first-order valence-electron chi connectivity index (χ1n) is 10.1. The fourth-order valence-electron chi connectivity index (χ4n) is 3.67. The van der Waals surface area contributed by atoms with E-state index in [0.29, 0.717) is 0 Å². The van der Waals surface area contributed by atoms with Crippen LogP contribution in [0.25, 0.3) is 22.0 Å². The first-order valence-corrected chi connectivity index (χ1v) is 10.1. The summed E-state index contributed by atoms with van der Waals surface area (Å²) in [4.78, 5) is 15.1. The van der Waals surface area contributed by atoms with Crippen molar-refractivity contribution in [3.05, 3.63) is 101 Å². The first kappa shape index (κ1) is 20.5. The molecule has 0 fully saturated rings. The number of nitro benzene ring substituents is 1. The molecule has 0 amide bonds. The molecule has 0 bridgehead atoms. The number of aromatic nitrogens is 1. The van der Waals surface area contributed by atoms with Gasteiger partial charge in [-0.1, -0.05) is 36.4 Å². The van der Waals surface area contributed by atoms with Crippen LogP contribution in [0.2, 0.25) is 0 Å². The summed E-state index contributed by atoms with van der Waals surface area (Å²) in [6, 6.07) is 24.4. The number of rotatable bonds is 7. The van der Waals surface area contributed by atoms with Crippen molar-refractivity contribution in [2.45, 2.75) is 19.1 Å². The van der Waals surface area contributed by atoms with Crippen LogP contribution in [-0.4, -0.2) is 23.0 Å². The largest absolute Gasteiger partial charge is 0.483 e. The first-order chi connectivity index (χ1) is 15.1. The highest BCUT2D eigenvalue weighted by Crippen LogP contribution is 2.35. The van der Waals surface area contributed by atoms with Crippen LogP contribution < -0.4 is 10.1 Å². The molecule has 1 aromatic heterocycles. The molecule has 0 radical (unpaired) electrons. The number of hydrogen-bond acceptors (Lipinski definition) is 5. The van der Waals surface area contributed by atoms with Crippen molar-refractivity contribution in [1.82, 2.24) is 10.3 Å². The lowest BCUT2D eigenvalue weighted by molar-refractivity contribution is -0.384. The number of pyridine rings is 1. The van der Waals surface area contributed by atoms with Gasteiger partial charge in [-0.2, -0.15) is 0 Å². The second kappa shape index (κ2) is 8.93. The molecule has 0 aliphatic heterocycles. The number of nitrogens with one attached hydrogen (secondary N) is 1. The molecule has 2 atom stereocenters. The molecule has 6 heteroatoms. The van der Waals surface area contributed by atoms with Gasteiger partial charge in [-0.3, -0.25) is 15.1 Å². The summed E-state index contributed by atoms with van der Waals surface area (Å²) in [6.45, 7) is 2.07. The van der Waals surface area contributed by atoms with Crippen LogP contribution in [-0.2, 0) is 0 Å². The van der Waals surface area contributed by atoms with E-state index in [1.807, 2.05) is 61.6 Å². The Morgan fingerprint density at radius 3 is 2.42 bits per heavy atom. The monoisotopic (exact) mass is 413 g/mol. The average Bonchev–Trinajstić information content (AvgIpc) is 2.82. The maximum atomic E-state index is 11.0. The van der Waals surface area contributed by atoms with E-state index < -0.39 is 0 Å². The van der Waals surface area contributed by atoms with Gasteiger partial charge in [-0.25, -0.2) is 0 Å². The zero-order chi connectivity index (χ0) is 21.8. The lowest BCUT2D eigenvalue weighted by atomic mass is 9.93. The maximum Gasteiger partial charge on any atom is 0.269 e. The number of benzene rings is 3. The summed E-state index contributed by atoms with van der Waals surface area (Å²) in [7, 11) is 1.90. The molecule has 0 aliphatic rings. The van der Waals surface area contributed by atoms with E-state index in [-0.39, 0.29) is 22.8 Å². The van der Waals surface area contributed by atoms with Crippen molar-refractivity contribution >= 4 is 16.6 Å². The molecule has 1 heterocycles. The maximum absolute atomic E-state index is 11.0. The normalized spacial score (nSPS) is 13.0. The van der Waals surface area contributed by atoms with Crippen molar-refractivity contribution in [2.75, 3.05) is 7.05 Å². The molecular weight excluding hydrogens is 390 g/mol. The average molecular weight is 413 g/mol. The molecule has 0 aliphatic carbocycles. The molecule has 1 N–H and O–H groups in total. The number of para-hydroxylation sites is 1. The molecule has 3 aromatic carbocycles. The van der Waals surface area contributed by atoms with Gasteiger partial charge in [0.2, 0.25) is 0 Å². The second-order valence-electron chi connectivity index (χ2n) is 7.33. The van der Waals surface area contributed by atoms with Gasteiger partial charge < -0.3 is 10.1 Å². The Balaban J connectivity index is 1.78. The van der Waals surface area contributed by atoms with Crippen molar-refractivity contribution in [3.63, 3.8) is 0 Å². The lowest BCUT2D eigenvalue weighted by Crippen LogP contribution is -2.32. The third-order valence-corrected chi connectivity index (χ3v) is 5.43. The van der Waals surface area contributed by atoms with Gasteiger partial charge >= 0.3 is 0 Å². The number of fused-ring (bicyclic) bond motifs is 1. The third-order valence-electron chi connectivity index (χ3n) is 5.43. The van der Waals surface area contributed by atoms with E-state index in [1.165, 1.54) is 12.1 Å². The topological polar surface area (TPSA) is 77.3 Å². The van der Waals surface area contributed by atoms with Crippen LogP contribution >= 0.6 is 0 Å². The number of ether oxygens (including phenoxy) is 1. The van der Waals surface area contributed by atoms with Gasteiger partial charge in [0.1, 0.15) is 11.9 Å². The zero-order valence-corrected chi connectivity index (χ0v) is 17.4. The van der Waals surface area contributed by atoms with Crippen LogP contribution in [0, 0.1) is 10.1 Å². The molecule has 6 nitrogen and oxygen atoms in total. The van der Waals surface area contributed by atoms with Crippen molar-refractivity contribution in [3.8, 4) is 16.9 Å². The Hall–Kier alpha value is -3.77. The lowest BCUT2D eigenvalue weighted by Gasteiger charge is -2.28. The molecule has 2 unspecified atom stereocenters. The van der Waals surface area contributed by atoms with Crippen molar-refractivity contribution in [1.29, 1.82) is 0 Å². The summed E-state index contributed by atoms with van der Waals surface area (Å²) in [6.07, 6.45) is 1.46. The van der Waals surface area contributed by atoms with E-state index in [2.05, 4.69) is 17.2 Å². The molecule has 31 heavy (non-hydrogen) atoms. The predicted octanol–water partition coefficient (Wildman–Crippen LogP) is 5.54. The minimum absolute atomic E-state index is 0.00567.